The van der Waals surface area contributed by atoms with E-state index in [4.69, 9.17) is 0 Å². The first-order chi connectivity index (χ1) is 9.78. The van der Waals surface area contributed by atoms with Crippen molar-refractivity contribution in [2.24, 2.45) is 0 Å². The number of rotatable bonds is 3. The molecule has 0 bridgehead atoms. The van der Waals surface area contributed by atoms with Crippen LogP contribution in [0.25, 0.3) is 5.70 Å². The van der Waals surface area contributed by atoms with Gasteiger partial charge in [0.05, 0.1) is 0 Å². The van der Waals surface area contributed by atoms with Gasteiger partial charge in [-0.1, -0.05) is 6.58 Å². The third kappa shape index (κ3) is 4.03. The predicted molar refractivity (Wildman–Crippen MR) is 85.0 cm³/mol. The van der Waals surface area contributed by atoms with Crippen LogP contribution in [0.5, 0.6) is 5.75 Å². The van der Waals surface area contributed by atoms with Crippen LogP contribution in [0.3, 0.4) is 0 Å². The highest BCUT2D eigenvalue weighted by Gasteiger charge is 2.28. The van der Waals surface area contributed by atoms with Gasteiger partial charge >= 0.3 is 6.18 Å². The van der Waals surface area contributed by atoms with E-state index in [1.165, 1.54) is 12.1 Å². The molecule has 1 aromatic carbocycles. The fraction of sp³-hybridized carbons (Fsp3) is 0.200. The Morgan fingerprint density at radius 2 is 1.81 bits per heavy atom. The largest absolute Gasteiger partial charge is 0.484 e. The molecular weight excluding hydrogens is 394 g/mol. The molecule has 2 rings (SSSR count). The molecule has 0 unspecified atom stereocenters. The van der Waals surface area contributed by atoms with Crippen LogP contribution in [-0.4, -0.2) is 24.7 Å². The maximum atomic E-state index is 12.1. The molecule has 21 heavy (non-hydrogen) atoms. The molecule has 0 N–H and O–H groups in total. The Labute approximate surface area is 134 Å². The number of benzene rings is 1. The van der Waals surface area contributed by atoms with Crippen molar-refractivity contribution in [2.75, 3.05) is 13.7 Å². The average Bonchev–Trinajstić information content (AvgIpc) is 2.43. The van der Waals surface area contributed by atoms with Crippen molar-refractivity contribution in [3.05, 3.63) is 57.8 Å². The van der Waals surface area contributed by atoms with E-state index in [-0.39, 0.29) is 5.75 Å². The Morgan fingerprint density at radius 1 is 1.19 bits per heavy atom. The summed E-state index contributed by atoms with van der Waals surface area (Å²) in [5.41, 5.74) is 2.70. The molecule has 0 spiro atoms. The Balaban J connectivity index is 2.14. The SMILES string of the molecule is C=C1C(I)=CC=C(c2ccc(OCC(F)(F)F)cc2)N1C. The summed E-state index contributed by atoms with van der Waals surface area (Å²) in [4.78, 5) is 1.94. The second kappa shape index (κ2) is 6.13. The summed E-state index contributed by atoms with van der Waals surface area (Å²) in [5, 5.41) is 0. The summed E-state index contributed by atoms with van der Waals surface area (Å²) in [7, 11) is 1.90. The lowest BCUT2D eigenvalue weighted by molar-refractivity contribution is -0.153. The topological polar surface area (TPSA) is 12.5 Å². The molecule has 1 heterocycles. The molecule has 0 saturated carbocycles. The lowest BCUT2D eigenvalue weighted by atomic mass is 10.1. The van der Waals surface area contributed by atoms with E-state index in [9.17, 15) is 13.2 Å². The van der Waals surface area contributed by atoms with E-state index in [2.05, 4.69) is 33.9 Å². The van der Waals surface area contributed by atoms with Gasteiger partial charge in [0, 0.05) is 22.0 Å². The molecule has 0 aliphatic carbocycles. The van der Waals surface area contributed by atoms with Crippen LogP contribution >= 0.6 is 22.6 Å². The maximum Gasteiger partial charge on any atom is 0.422 e. The third-order valence-electron chi connectivity index (χ3n) is 2.98. The van der Waals surface area contributed by atoms with Crippen LogP contribution in [0.15, 0.2) is 52.3 Å². The van der Waals surface area contributed by atoms with Gasteiger partial charge in [0.15, 0.2) is 6.61 Å². The fourth-order valence-corrected chi connectivity index (χ4v) is 2.38. The first-order valence-corrected chi connectivity index (χ1v) is 7.16. The zero-order valence-corrected chi connectivity index (χ0v) is 13.4. The second-order valence-corrected chi connectivity index (χ2v) is 5.66. The Bertz CT molecular complexity index is 602. The Morgan fingerprint density at radius 3 is 2.38 bits per heavy atom. The van der Waals surface area contributed by atoms with Crippen molar-refractivity contribution in [3.8, 4) is 5.75 Å². The number of hydrogen-bond donors (Lipinski definition) is 0. The highest BCUT2D eigenvalue weighted by molar-refractivity contribution is 14.1. The lowest BCUT2D eigenvalue weighted by Crippen LogP contribution is -2.19. The molecule has 1 aliphatic heterocycles. The van der Waals surface area contributed by atoms with Gasteiger partial charge in [-0.2, -0.15) is 13.2 Å². The number of allylic oxidation sites excluding steroid dienone is 3. The first-order valence-electron chi connectivity index (χ1n) is 6.08. The second-order valence-electron chi connectivity index (χ2n) is 4.50. The summed E-state index contributed by atoms with van der Waals surface area (Å²) < 4.78 is 42.0. The Hall–Kier alpha value is -1.44. The number of nitrogens with zero attached hydrogens (tertiary/aromatic N) is 1. The molecule has 0 aromatic heterocycles. The van der Waals surface area contributed by atoms with Crippen LogP contribution in [0.4, 0.5) is 13.2 Å². The summed E-state index contributed by atoms with van der Waals surface area (Å²) in [6.07, 6.45) is -0.432. The van der Waals surface area contributed by atoms with Crippen LogP contribution in [-0.2, 0) is 0 Å². The van der Waals surface area contributed by atoms with Crippen molar-refractivity contribution >= 4 is 28.3 Å². The van der Waals surface area contributed by atoms with Crippen LogP contribution in [0.1, 0.15) is 5.56 Å². The number of ether oxygens (including phenoxy) is 1. The molecule has 0 fully saturated rings. The van der Waals surface area contributed by atoms with E-state index >= 15 is 0 Å². The summed E-state index contributed by atoms with van der Waals surface area (Å²) in [6, 6.07) is 6.52. The highest BCUT2D eigenvalue weighted by Crippen LogP contribution is 2.32. The average molecular weight is 407 g/mol. The summed E-state index contributed by atoms with van der Waals surface area (Å²) >= 11 is 2.20. The van der Waals surface area contributed by atoms with Crippen LogP contribution in [0.2, 0.25) is 0 Å². The zero-order chi connectivity index (χ0) is 15.6. The monoisotopic (exact) mass is 407 g/mol. The molecule has 6 heteroatoms. The van der Waals surface area contributed by atoms with Gasteiger partial charge in [0.1, 0.15) is 5.75 Å². The number of likely N-dealkylation sites (N-methyl/N-ethyl adjacent to an activating group) is 1. The van der Waals surface area contributed by atoms with Crippen molar-refractivity contribution in [1.29, 1.82) is 0 Å². The van der Waals surface area contributed by atoms with Crippen molar-refractivity contribution < 1.29 is 17.9 Å². The predicted octanol–water partition coefficient (Wildman–Crippen LogP) is 4.75. The van der Waals surface area contributed by atoms with E-state index in [0.717, 1.165) is 20.5 Å². The van der Waals surface area contributed by atoms with Crippen molar-refractivity contribution in [1.82, 2.24) is 4.90 Å². The Kier molecular flexibility index (Phi) is 4.65. The van der Waals surface area contributed by atoms with Gasteiger partial charge in [0.2, 0.25) is 0 Å². The van der Waals surface area contributed by atoms with Crippen LogP contribution < -0.4 is 4.74 Å². The number of hydrogen-bond acceptors (Lipinski definition) is 2. The molecule has 0 saturated heterocycles. The minimum Gasteiger partial charge on any atom is -0.484 e. The normalized spacial score (nSPS) is 15.7. The number of halogens is 4. The fourth-order valence-electron chi connectivity index (χ4n) is 1.84. The quantitative estimate of drug-likeness (QED) is 0.671. The van der Waals surface area contributed by atoms with Gasteiger partial charge in [-0.3, -0.25) is 0 Å². The van der Waals surface area contributed by atoms with Gasteiger partial charge < -0.3 is 9.64 Å². The van der Waals surface area contributed by atoms with Crippen molar-refractivity contribution in [3.63, 3.8) is 0 Å². The third-order valence-corrected chi connectivity index (χ3v) is 3.96. The molecule has 0 radical (unpaired) electrons. The lowest BCUT2D eigenvalue weighted by Gasteiger charge is -2.27. The van der Waals surface area contributed by atoms with Crippen LogP contribution in [0, 0.1) is 0 Å². The molecule has 2 nitrogen and oxygen atoms in total. The molecule has 1 aromatic rings. The van der Waals surface area contributed by atoms with Crippen molar-refractivity contribution in [2.45, 2.75) is 6.18 Å². The minimum absolute atomic E-state index is 0.194. The van der Waals surface area contributed by atoms with E-state index in [1.54, 1.807) is 12.1 Å². The van der Waals surface area contributed by atoms with E-state index in [1.807, 2.05) is 24.1 Å². The van der Waals surface area contributed by atoms with Gasteiger partial charge in [-0.25, -0.2) is 0 Å². The van der Waals surface area contributed by atoms with E-state index in [0.29, 0.717) is 0 Å². The zero-order valence-electron chi connectivity index (χ0n) is 11.2. The first kappa shape index (κ1) is 15.9. The molecule has 112 valence electrons. The smallest absolute Gasteiger partial charge is 0.422 e. The summed E-state index contributed by atoms with van der Waals surface area (Å²) in [5.74, 6) is 0.194. The van der Waals surface area contributed by atoms with Gasteiger partial charge in [-0.05, 0) is 64.6 Å². The number of alkyl halides is 3. The molecule has 0 amide bonds. The molecule has 0 atom stereocenters. The van der Waals surface area contributed by atoms with Gasteiger partial charge in [0.25, 0.3) is 0 Å². The minimum atomic E-state index is -4.33. The van der Waals surface area contributed by atoms with Gasteiger partial charge in [-0.15, -0.1) is 0 Å². The van der Waals surface area contributed by atoms with E-state index < -0.39 is 12.8 Å². The molecule has 1 aliphatic rings. The standard InChI is InChI=1S/C15H13F3INO/c1-10-13(19)7-8-14(20(10)2)11-3-5-12(6-4-11)21-9-15(16,17)18/h3-8H,1,9H2,2H3. The maximum absolute atomic E-state index is 12.1. The highest BCUT2D eigenvalue weighted by atomic mass is 127. The molecular formula is C15H13F3INO. The summed E-state index contributed by atoms with van der Waals surface area (Å²) in [6.45, 7) is 2.70.